The van der Waals surface area contributed by atoms with Gasteiger partial charge < -0.3 is 5.11 Å². The summed E-state index contributed by atoms with van der Waals surface area (Å²) in [5.41, 5.74) is 0.937. The minimum atomic E-state index is -1.21. The zero-order chi connectivity index (χ0) is 13.0. The van der Waals surface area contributed by atoms with Crippen molar-refractivity contribution in [2.45, 2.75) is 10.6 Å². The van der Waals surface area contributed by atoms with Gasteiger partial charge in [0.1, 0.15) is 0 Å². The van der Waals surface area contributed by atoms with Crippen LogP contribution in [-0.4, -0.2) is 20.3 Å². The van der Waals surface area contributed by atoms with Crippen molar-refractivity contribution in [1.29, 1.82) is 0 Å². The highest BCUT2D eigenvalue weighted by atomic mass is 32.2. The van der Waals surface area contributed by atoms with Gasteiger partial charge in [0, 0.05) is 11.1 Å². The summed E-state index contributed by atoms with van der Waals surface area (Å²) in [7, 11) is -1.21. The summed E-state index contributed by atoms with van der Waals surface area (Å²) in [6.45, 7) is 0. The van der Waals surface area contributed by atoms with Crippen LogP contribution in [0.15, 0.2) is 53.6 Å². The Morgan fingerprint density at radius 3 is 2.44 bits per heavy atom. The number of aromatic nitrogens is 1. The predicted octanol–water partition coefficient (Wildman–Crippen LogP) is 2.09. The van der Waals surface area contributed by atoms with Crippen LogP contribution < -0.4 is 0 Å². The molecule has 0 fully saturated rings. The third-order valence-corrected chi connectivity index (χ3v) is 3.73. The first-order valence-electron chi connectivity index (χ1n) is 5.28. The SMILES string of the molecule is O=C(O)c1ccc(S(=O)Cc2ccccn2)cc1. The molecule has 0 aliphatic heterocycles. The Morgan fingerprint density at radius 2 is 1.89 bits per heavy atom. The van der Waals surface area contributed by atoms with Crippen molar-refractivity contribution in [3.63, 3.8) is 0 Å². The summed E-state index contributed by atoms with van der Waals surface area (Å²) >= 11 is 0. The van der Waals surface area contributed by atoms with E-state index in [1.165, 1.54) is 12.1 Å². The number of hydrogen-bond donors (Lipinski definition) is 1. The zero-order valence-electron chi connectivity index (χ0n) is 9.45. The van der Waals surface area contributed by atoms with E-state index in [4.69, 9.17) is 5.11 Å². The minimum absolute atomic E-state index is 0.189. The maximum absolute atomic E-state index is 12.0. The Balaban J connectivity index is 2.12. The Morgan fingerprint density at radius 1 is 1.17 bits per heavy atom. The molecule has 0 saturated carbocycles. The Hall–Kier alpha value is -2.01. The smallest absolute Gasteiger partial charge is 0.335 e. The summed E-state index contributed by atoms with van der Waals surface area (Å²) < 4.78 is 12.0. The lowest BCUT2D eigenvalue weighted by molar-refractivity contribution is 0.0697. The molecule has 0 aliphatic rings. The van der Waals surface area contributed by atoms with E-state index in [9.17, 15) is 9.00 Å². The van der Waals surface area contributed by atoms with Crippen LogP contribution in [-0.2, 0) is 16.6 Å². The van der Waals surface area contributed by atoms with E-state index in [2.05, 4.69) is 4.98 Å². The van der Waals surface area contributed by atoms with Gasteiger partial charge in [-0.15, -0.1) is 0 Å². The van der Waals surface area contributed by atoms with Gasteiger partial charge in [-0.05, 0) is 36.4 Å². The number of nitrogens with zero attached hydrogens (tertiary/aromatic N) is 1. The van der Waals surface area contributed by atoms with Crippen molar-refractivity contribution in [2.75, 3.05) is 0 Å². The van der Waals surface area contributed by atoms with Crippen LogP contribution in [0.3, 0.4) is 0 Å². The number of rotatable bonds is 4. The van der Waals surface area contributed by atoms with E-state index in [1.54, 1.807) is 24.4 Å². The first kappa shape index (κ1) is 12.4. The monoisotopic (exact) mass is 261 g/mol. The highest BCUT2D eigenvalue weighted by Crippen LogP contribution is 2.12. The number of benzene rings is 1. The molecule has 0 aliphatic carbocycles. The average molecular weight is 261 g/mol. The Kier molecular flexibility index (Phi) is 3.84. The van der Waals surface area contributed by atoms with E-state index in [0.29, 0.717) is 10.6 Å². The standard InChI is InChI=1S/C13H11NO3S/c15-13(16)10-4-6-12(7-5-10)18(17)9-11-3-1-2-8-14-11/h1-8H,9H2,(H,15,16). The first-order valence-corrected chi connectivity index (χ1v) is 6.60. The van der Waals surface area contributed by atoms with Gasteiger partial charge in [0.2, 0.25) is 0 Å². The molecule has 1 heterocycles. The second kappa shape index (κ2) is 5.55. The number of carboxylic acids is 1. The van der Waals surface area contributed by atoms with E-state index in [0.717, 1.165) is 5.69 Å². The molecule has 0 radical (unpaired) electrons. The maximum atomic E-state index is 12.0. The van der Waals surface area contributed by atoms with E-state index >= 15 is 0 Å². The Labute approximate surface area is 107 Å². The van der Waals surface area contributed by atoms with Crippen molar-refractivity contribution >= 4 is 16.8 Å². The van der Waals surface area contributed by atoms with Gasteiger partial charge in [0.25, 0.3) is 0 Å². The van der Waals surface area contributed by atoms with Gasteiger partial charge in [-0.3, -0.25) is 9.19 Å². The summed E-state index contributed by atoms with van der Waals surface area (Å²) in [5, 5.41) is 8.76. The maximum Gasteiger partial charge on any atom is 0.335 e. The number of aromatic carboxylic acids is 1. The summed E-state index contributed by atoms with van der Waals surface area (Å²) in [6.07, 6.45) is 1.65. The molecule has 2 rings (SSSR count). The summed E-state index contributed by atoms with van der Waals surface area (Å²) in [5.74, 6) is -0.662. The molecule has 1 aromatic heterocycles. The molecule has 0 saturated heterocycles. The molecule has 5 heteroatoms. The van der Waals surface area contributed by atoms with Gasteiger partial charge >= 0.3 is 5.97 Å². The van der Waals surface area contributed by atoms with E-state index < -0.39 is 16.8 Å². The fraction of sp³-hybridized carbons (Fsp3) is 0.0769. The summed E-state index contributed by atoms with van der Waals surface area (Å²) in [4.78, 5) is 15.4. The van der Waals surface area contributed by atoms with E-state index in [-0.39, 0.29) is 5.56 Å². The number of pyridine rings is 1. The quantitative estimate of drug-likeness (QED) is 0.915. The van der Waals surface area contributed by atoms with Gasteiger partial charge in [0.05, 0.1) is 27.8 Å². The van der Waals surface area contributed by atoms with Crippen molar-refractivity contribution < 1.29 is 14.1 Å². The third kappa shape index (κ3) is 3.01. The molecule has 18 heavy (non-hydrogen) atoms. The van der Waals surface area contributed by atoms with Gasteiger partial charge in [-0.1, -0.05) is 6.07 Å². The van der Waals surface area contributed by atoms with Crippen molar-refractivity contribution in [3.8, 4) is 0 Å². The van der Waals surface area contributed by atoms with Crippen molar-refractivity contribution in [3.05, 3.63) is 59.9 Å². The highest BCUT2D eigenvalue weighted by molar-refractivity contribution is 7.84. The van der Waals surface area contributed by atoms with Crippen LogP contribution in [0, 0.1) is 0 Å². The largest absolute Gasteiger partial charge is 0.478 e. The average Bonchev–Trinajstić information content (AvgIpc) is 2.40. The molecule has 0 amide bonds. The molecular formula is C13H11NO3S. The molecule has 0 spiro atoms. The topological polar surface area (TPSA) is 67.3 Å². The lowest BCUT2D eigenvalue weighted by Gasteiger charge is -2.02. The first-order chi connectivity index (χ1) is 8.66. The minimum Gasteiger partial charge on any atom is -0.478 e. The van der Waals surface area contributed by atoms with Crippen molar-refractivity contribution in [2.24, 2.45) is 0 Å². The van der Waals surface area contributed by atoms with Crippen LogP contribution in [0.1, 0.15) is 16.1 Å². The van der Waals surface area contributed by atoms with Crippen LogP contribution in [0.4, 0.5) is 0 Å². The lowest BCUT2D eigenvalue weighted by Crippen LogP contribution is -2.00. The number of hydrogen-bond acceptors (Lipinski definition) is 3. The molecule has 1 N–H and O–H groups in total. The van der Waals surface area contributed by atoms with Crippen LogP contribution in [0.25, 0.3) is 0 Å². The molecule has 1 aromatic carbocycles. The fourth-order valence-electron chi connectivity index (χ4n) is 1.45. The van der Waals surface area contributed by atoms with Gasteiger partial charge in [-0.25, -0.2) is 4.79 Å². The third-order valence-electron chi connectivity index (χ3n) is 2.37. The van der Waals surface area contributed by atoms with Crippen LogP contribution >= 0.6 is 0 Å². The molecule has 1 atom stereocenters. The van der Waals surface area contributed by atoms with Gasteiger partial charge in [-0.2, -0.15) is 0 Å². The molecule has 0 bridgehead atoms. The lowest BCUT2D eigenvalue weighted by atomic mass is 10.2. The number of carboxylic acid groups (broad SMARTS) is 1. The second-order valence-electron chi connectivity index (χ2n) is 3.64. The fourth-order valence-corrected chi connectivity index (χ4v) is 2.50. The van der Waals surface area contributed by atoms with Crippen LogP contribution in [0.5, 0.6) is 0 Å². The molecule has 4 nitrogen and oxygen atoms in total. The van der Waals surface area contributed by atoms with Crippen LogP contribution in [0.2, 0.25) is 0 Å². The molecule has 92 valence electrons. The van der Waals surface area contributed by atoms with Crippen molar-refractivity contribution in [1.82, 2.24) is 4.98 Å². The molecular weight excluding hydrogens is 250 g/mol. The molecule has 1 unspecified atom stereocenters. The van der Waals surface area contributed by atoms with Gasteiger partial charge in [0.15, 0.2) is 0 Å². The Bertz CT molecular complexity index is 567. The number of carbonyl (C=O) groups is 1. The normalized spacial score (nSPS) is 12.0. The highest BCUT2D eigenvalue weighted by Gasteiger charge is 2.07. The summed E-state index contributed by atoms with van der Waals surface area (Å²) in [6, 6.07) is 11.5. The zero-order valence-corrected chi connectivity index (χ0v) is 10.3. The second-order valence-corrected chi connectivity index (χ2v) is 5.09. The molecule has 2 aromatic rings. The predicted molar refractivity (Wildman–Crippen MR) is 67.8 cm³/mol. The van der Waals surface area contributed by atoms with E-state index in [1.807, 2.05) is 12.1 Å².